The molecule has 172 valence electrons. The van der Waals surface area contributed by atoms with E-state index in [0.717, 1.165) is 64.9 Å². The van der Waals surface area contributed by atoms with E-state index in [9.17, 15) is 0 Å². The summed E-state index contributed by atoms with van der Waals surface area (Å²) in [5.41, 5.74) is 3.65. The number of ether oxygens (including phenoxy) is 6. The molecule has 0 spiro atoms. The lowest BCUT2D eigenvalue weighted by Crippen LogP contribution is -2.21. The van der Waals surface area contributed by atoms with Crippen molar-refractivity contribution in [2.45, 2.75) is 33.6 Å². The van der Waals surface area contributed by atoms with Gasteiger partial charge in [0.2, 0.25) is 0 Å². The Labute approximate surface area is 185 Å². The second kappa shape index (κ2) is 12.3. The Morgan fingerprint density at radius 3 is 1.52 bits per heavy atom. The lowest BCUT2D eigenvalue weighted by Gasteiger charge is -2.30. The van der Waals surface area contributed by atoms with E-state index in [4.69, 9.17) is 28.4 Å². The molecule has 0 N–H and O–H groups in total. The van der Waals surface area contributed by atoms with E-state index in [-0.39, 0.29) is 13.6 Å². The maximum atomic E-state index is 5.99. The molecule has 0 bridgehead atoms. The van der Waals surface area contributed by atoms with Gasteiger partial charge in [0.1, 0.15) is 23.0 Å². The quantitative estimate of drug-likeness (QED) is 0.401. The van der Waals surface area contributed by atoms with Gasteiger partial charge in [0, 0.05) is 32.9 Å². The van der Waals surface area contributed by atoms with E-state index in [1.807, 2.05) is 38.1 Å². The standard InChI is InChI=1S/C24H35NO6/c1-8-9-10-25(21-13-19(28-6)11-17(2)23(21)30-15-26-4)22-14-20(29-7)12-18(3)24(22)31-16-27-5/h11-14H,8-10,15-16H2,1-7H3. The molecule has 0 aliphatic rings. The van der Waals surface area contributed by atoms with Gasteiger partial charge in [0.15, 0.2) is 13.6 Å². The lowest BCUT2D eigenvalue weighted by atomic mass is 10.1. The van der Waals surface area contributed by atoms with Gasteiger partial charge in [0.05, 0.1) is 25.6 Å². The molecule has 2 rings (SSSR count). The molecule has 7 heteroatoms. The van der Waals surface area contributed by atoms with Crippen molar-refractivity contribution in [3.63, 3.8) is 0 Å². The molecular formula is C24H35NO6. The lowest BCUT2D eigenvalue weighted by molar-refractivity contribution is 0.0504. The summed E-state index contributed by atoms with van der Waals surface area (Å²) in [4.78, 5) is 2.19. The van der Waals surface area contributed by atoms with E-state index in [0.29, 0.717) is 0 Å². The molecule has 2 aromatic carbocycles. The first-order valence-corrected chi connectivity index (χ1v) is 10.4. The van der Waals surface area contributed by atoms with E-state index < -0.39 is 0 Å². The van der Waals surface area contributed by atoms with Crippen LogP contribution in [0.15, 0.2) is 24.3 Å². The van der Waals surface area contributed by atoms with Crippen LogP contribution >= 0.6 is 0 Å². The average Bonchev–Trinajstić information content (AvgIpc) is 2.77. The van der Waals surface area contributed by atoms with Crippen molar-refractivity contribution >= 4 is 11.4 Å². The summed E-state index contributed by atoms with van der Waals surface area (Å²) in [6, 6.07) is 7.85. The van der Waals surface area contributed by atoms with Gasteiger partial charge in [-0.3, -0.25) is 0 Å². The molecular weight excluding hydrogens is 398 g/mol. The normalized spacial score (nSPS) is 10.7. The minimum absolute atomic E-state index is 0.145. The van der Waals surface area contributed by atoms with Crippen LogP contribution < -0.4 is 23.8 Å². The van der Waals surface area contributed by atoms with Crippen molar-refractivity contribution in [2.24, 2.45) is 0 Å². The van der Waals surface area contributed by atoms with Crippen molar-refractivity contribution < 1.29 is 28.4 Å². The van der Waals surface area contributed by atoms with Crippen LogP contribution in [0.1, 0.15) is 30.9 Å². The highest BCUT2D eigenvalue weighted by Crippen LogP contribution is 2.45. The Morgan fingerprint density at radius 1 is 0.710 bits per heavy atom. The third kappa shape index (κ3) is 6.18. The van der Waals surface area contributed by atoms with Crippen molar-refractivity contribution in [1.29, 1.82) is 0 Å². The van der Waals surface area contributed by atoms with E-state index in [2.05, 4.69) is 11.8 Å². The summed E-state index contributed by atoms with van der Waals surface area (Å²) in [7, 11) is 6.53. The van der Waals surface area contributed by atoms with Crippen LogP contribution in [-0.4, -0.2) is 48.6 Å². The Bertz CT molecular complexity index is 774. The SMILES string of the molecule is CCCCN(c1cc(OC)cc(C)c1OCOC)c1cc(OC)cc(C)c1OCOC. The second-order valence-electron chi connectivity index (χ2n) is 7.19. The molecule has 0 amide bonds. The van der Waals surface area contributed by atoms with Gasteiger partial charge in [-0.25, -0.2) is 0 Å². The van der Waals surface area contributed by atoms with Crippen LogP contribution in [0, 0.1) is 13.8 Å². The first-order valence-electron chi connectivity index (χ1n) is 10.4. The molecule has 0 aliphatic heterocycles. The van der Waals surface area contributed by atoms with Crippen LogP contribution in [0.3, 0.4) is 0 Å². The third-order valence-corrected chi connectivity index (χ3v) is 4.89. The maximum Gasteiger partial charge on any atom is 0.188 e. The van der Waals surface area contributed by atoms with Crippen molar-refractivity contribution in [2.75, 3.05) is 53.5 Å². The molecule has 0 radical (unpaired) electrons. The number of methoxy groups -OCH3 is 4. The fourth-order valence-electron chi connectivity index (χ4n) is 3.38. The number of hydrogen-bond acceptors (Lipinski definition) is 7. The average molecular weight is 434 g/mol. The molecule has 0 fully saturated rings. The van der Waals surface area contributed by atoms with Crippen molar-refractivity contribution in [3.05, 3.63) is 35.4 Å². The van der Waals surface area contributed by atoms with Gasteiger partial charge in [-0.2, -0.15) is 0 Å². The summed E-state index contributed by atoms with van der Waals surface area (Å²) in [5, 5.41) is 0. The number of hydrogen-bond donors (Lipinski definition) is 0. The molecule has 31 heavy (non-hydrogen) atoms. The smallest absolute Gasteiger partial charge is 0.188 e. The van der Waals surface area contributed by atoms with Gasteiger partial charge in [-0.15, -0.1) is 0 Å². The zero-order valence-corrected chi connectivity index (χ0v) is 19.7. The van der Waals surface area contributed by atoms with E-state index in [1.54, 1.807) is 28.4 Å². The highest BCUT2D eigenvalue weighted by molar-refractivity contribution is 5.78. The number of nitrogens with zero attached hydrogens (tertiary/aromatic N) is 1. The summed E-state index contributed by atoms with van der Waals surface area (Å²) >= 11 is 0. The van der Waals surface area contributed by atoms with Crippen LogP contribution in [-0.2, 0) is 9.47 Å². The zero-order chi connectivity index (χ0) is 22.8. The van der Waals surface area contributed by atoms with Crippen LogP contribution in [0.5, 0.6) is 23.0 Å². The monoisotopic (exact) mass is 433 g/mol. The van der Waals surface area contributed by atoms with E-state index >= 15 is 0 Å². The summed E-state index contributed by atoms with van der Waals surface area (Å²) in [5.74, 6) is 2.96. The predicted octanol–water partition coefficient (Wildman–Crippen LogP) is 5.22. The first-order chi connectivity index (χ1) is 15.0. The van der Waals surface area contributed by atoms with Gasteiger partial charge in [-0.1, -0.05) is 13.3 Å². The van der Waals surface area contributed by atoms with Gasteiger partial charge in [0.25, 0.3) is 0 Å². The molecule has 0 heterocycles. The number of anilines is 2. The molecule has 0 atom stereocenters. The molecule has 0 unspecified atom stereocenters. The molecule has 7 nitrogen and oxygen atoms in total. The number of rotatable bonds is 13. The Hall–Kier alpha value is -2.64. The molecule has 0 aromatic heterocycles. The predicted molar refractivity (Wildman–Crippen MR) is 122 cm³/mol. The van der Waals surface area contributed by atoms with Crippen molar-refractivity contribution in [1.82, 2.24) is 0 Å². The highest BCUT2D eigenvalue weighted by atomic mass is 16.7. The Kier molecular flexibility index (Phi) is 9.75. The number of aryl methyl sites for hydroxylation is 2. The topological polar surface area (TPSA) is 58.6 Å². The Morgan fingerprint density at radius 2 is 1.16 bits per heavy atom. The number of unbranched alkanes of at least 4 members (excludes halogenated alkanes) is 1. The van der Waals surface area contributed by atoms with Crippen molar-refractivity contribution in [3.8, 4) is 23.0 Å². The Balaban J connectivity index is 2.74. The van der Waals surface area contributed by atoms with Gasteiger partial charge >= 0.3 is 0 Å². The zero-order valence-electron chi connectivity index (χ0n) is 19.7. The molecule has 0 saturated heterocycles. The highest BCUT2D eigenvalue weighted by Gasteiger charge is 2.23. The molecule has 2 aromatic rings. The van der Waals surface area contributed by atoms with Gasteiger partial charge in [-0.05, 0) is 43.5 Å². The van der Waals surface area contributed by atoms with E-state index in [1.165, 1.54) is 0 Å². The maximum absolute atomic E-state index is 5.99. The largest absolute Gasteiger partial charge is 0.497 e. The van der Waals surface area contributed by atoms with Crippen LogP contribution in [0.4, 0.5) is 11.4 Å². The minimum Gasteiger partial charge on any atom is -0.497 e. The fraction of sp³-hybridized carbons (Fsp3) is 0.500. The second-order valence-corrected chi connectivity index (χ2v) is 7.19. The fourth-order valence-corrected chi connectivity index (χ4v) is 3.38. The first kappa shape index (κ1) is 24.6. The third-order valence-electron chi connectivity index (χ3n) is 4.89. The number of benzene rings is 2. The minimum atomic E-state index is 0.145. The molecule has 0 saturated carbocycles. The van der Waals surface area contributed by atoms with Gasteiger partial charge < -0.3 is 33.3 Å². The van der Waals surface area contributed by atoms with Crippen LogP contribution in [0.25, 0.3) is 0 Å². The molecule has 0 aliphatic carbocycles. The summed E-state index contributed by atoms with van der Waals surface area (Å²) < 4.78 is 33.5. The summed E-state index contributed by atoms with van der Waals surface area (Å²) in [6.45, 7) is 7.19. The van der Waals surface area contributed by atoms with Crippen LogP contribution in [0.2, 0.25) is 0 Å². The summed E-state index contributed by atoms with van der Waals surface area (Å²) in [6.07, 6.45) is 2.00.